The molecule has 0 radical (unpaired) electrons. The Morgan fingerprint density at radius 2 is 2.20 bits per heavy atom. The monoisotopic (exact) mass is 271 g/mol. The van der Waals surface area contributed by atoms with Crippen LogP contribution in [0, 0.1) is 6.57 Å². The summed E-state index contributed by atoms with van der Waals surface area (Å²) in [4.78, 5) is 17.2. The lowest BCUT2D eigenvalue weighted by atomic mass is 10.1. The summed E-state index contributed by atoms with van der Waals surface area (Å²) >= 11 is 0. The third kappa shape index (κ3) is 4.07. The van der Waals surface area contributed by atoms with E-state index in [4.69, 9.17) is 6.57 Å². The number of carbonyl (C=O) groups excluding carboxylic acids is 1. The average Bonchev–Trinajstić information content (AvgIpc) is 2.96. The van der Waals surface area contributed by atoms with Crippen molar-refractivity contribution in [3.05, 3.63) is 47.3 Å². The molecule has 4 nitrogen and oxygen atoms in total. The van der Waals surface area contributed by atoms with E-state index in [1.165, 1.54) is 5.56 Å². The van der Waals surface area contributed by atoms with Crippen molar-refractivity contribution in [2.24, 2.45) is 0 Å². The third-order valence-electron chi connectivity index (χ3n) is 3.63. The standard InChI is InChI=1S/C16H21N3O/c1-17-15-10-6-12-19(15)16(20)13-18-11-5-9-14-7-3-2-4-8-14/h2-4,7-8,15,18H,5-6,9-13H2/t15-/m0/s1. The predicted molar refractivity (Wildman–Crippen MR) is 79.0 cm³/mol. The average molecular weight is 271 g/mol. The molecule has 1 heterocycles. The van der Waals surface area contributed by atoms with Gasteiger partial charge < -0.3 is 5.32 Å². The first-order valence-electron chi connectivity index (χ1n) is 7.22. The molecule has 0 saturated carbocycles. The maximum Gasteiger partial charge on any atom is 0.300 e. The molecule has 1 aromatic rings. The lowest BCUT2D eigenvalue weighted by Gasteiger charge is -2.16. The molecule has 1 fully saturated rings. The van der Waals surface area contributed by atoms with E-state index in [9.17, 15) is 4.79 Å². The van der Waals surface area contributed by atoms with E-state index in [1.807, 2.05) is 18.2 Å². The Morgan fingerprint density at radius 1 is 1.40 bits per heavy atom. The normalized spacial score (nSPS) is 17.9. The first-order chi connectivity index (χ1) is 9.81. The maximum absolute atomic E-state index is 12.0. The lowest BCUT2D eigenvalue weighted by molar-refractivity contribution is -0.130. The number of rotatable bonds is 6. The van der Waals surface area contributed by atoms with Gasteiger partial charge in [0.2, 0.25) is 5.91 Å². The molecule has 1 aliphatic heterocycles. The van der Waals surface area contributed by atoms with E-state index in [2.05, 4.69) is 22.3 Å². The van der Waals surface area contributed by atoms with Gasteiger partial charge in [0.1, 0.15) is 0 Å². The minimum Gasteiger partial charge on any atom is -0.308 e. The van der Waals surface area contributed by atoms with Crippen molar-refractivity contribution < 1.29 is 4.79 Å². The number of likely N-dealkylation sites (tertiary alicyclic amines) is 1. The molecule has 1 amide bonds. The van der Waals surface area contributed by atoms with Gasteiger partial charge in [-0.1, -0.05) is 30.3 Å². The number of aryl methyl sites for hydroxylation is 1. The van der Waals surface area contributed by atoms with Gasteiger partial charge in [-0.25, -0.2) is 6.57 Å². The van der Waals surface area contributed by atoms with E-state index >= 15 is 0 Å². The second-order valence-electron chi connectivity index (χ2n) is 5.11. The zero-order chi connectivity index (χ0) is 14.2. The molecular weight excluding hydrogens is 250 g/mol. The quantitative estimate of drug-likeness (QED) is 0.635. The Labute approximate surface area is 120 Å². The topological polar surface area (TPSA) is 36.7 Å². The Kier molecular flexibility index (Phi) is 5.57. The number of benzene rings is 1. The first kappa shape index (κ1) is 14.5. The molecule has 0 unspecified atom stereocenters. The smallest absolute Gasteiger partial charge is 0.300 e. The van der Waals surface area contributed by atoms with Gasteiger partial charge in [0.05, 0.1) is 6.54 Å². The molecule has 0 spiro atoms. The number of nitrogens with one attached hydrogen (secondary N) is 1. The van der Waals surface area contributed by atoms with Crippen molar-refractivity contribution in [1.82, 2.24) is 10.2 Å². The highest BCUT2D eigenvalue weighted by atomic mass is 16.2. The van der Waals surface area contributed by atoms with Gasteiger partial charge in [-0.15, -0.1) is 0 Å². The SMILES string of the molecule is [C-]#[N+][C@@H]1CCCN1C(=O)CNCCCc1ccccc1. The van der Waals surface area contributed by atoms with Gasteiger partial charge in [0, 0.05) is 13.0 Å². The predicted octanol–water partition coefficient (Wildman–Crippen LogP) is 2.08. The van der Waals surface area contributed by atoms with Crippen LogP contribution in [0.3, 0.4) is 0 Å². The van der Waals surface area contributed by atoms with Crippen LogP contribution in [0.25, 0.3) is 4.85 Å². The molecule has 1 aliphatic rings. The van der Waals surface area contributed by atoms with Gasteiger partial charge in [-0.05, 0) is 31.4 Å². The van der Waals surface area contributed by atoms with Crippen molar-refractivity contribution >= 4 is 5.91 Å². The molecule has 0 aliphatic carbocycles. The van der Waals surface area contributed by atoms with E-state index in [1.54, 1.807) is 4.90 Å². The van der Waals surface area contributed by atoms with Crippen LogP contribution in [-0.2, 0) is 11.2 Å². The van der Waals surface area contributed by atoms with Crippen LogP contribution in [0.2, 0.25) is 0 Å². The van der Waals surface area contributed by atoms with E-state index in [-0.39, 0.29) is 12.1 Å². The van der Waals surface area contributed by atoms with Crippen molar-refractivity contribution in [3.63, 3.8) is 0 Å². The van der Waals surface area contributed by atoms with Gasteiger partial charge in [-0.2, -0.15) is 0 Å². The lowest BCUT2D eigenvalue weighted by Crippen LogP contribution is -2.40. The summed E-state index contributed by atoms with van der Waals surface area (Å²) in [7, 11) is 0. The number of nitrogens with zero attached hydrogens (tertiary/aromatic N) is 2. The highest BCUT2D eigenvalue weighted by molar-refractivity contribution is 5.79. The second kappa shape index (κ2) is 7.66. The van der Waals surface area contributed by atoms with Gasteiger partial charge in [0.15, 0.2) is 0 Å². The number of hydrogen-bond donors (Lipinski definition) is 1. The molecule has 1 aromatic carbocycles. The van der Waals surface area contributed by atoms with E-state index < -0.39 is 0 Å². The number of amides is 1. The van der Waals surface area contributed by atoms with E-state index in [0.717, 1.165) is 38.8 Å². The molecule has 106 valence electrons. The Balaban J connectivity index is 1.61. The minimum absolute atomic E-state index is 0.0585. The maximum atomic E-state index is 12.0. The first-order valence-corrected chi connectivity index (χ1v) is 7.22. The van der Waals surface area contributed by atoms with Crippen molar-refractivity contribution in [2.45, 2.75) is 31.8 Å². The molecule has 1 saturated heterocycles. The molecule has 1 atom stereocenters. The summed E-state index contributed by atoms with van der Waals surface area (Å²) in [6, 6.07) is 10.4. The fourth-order valence-electron chi connectivity index (χ4n) is 2.53. The van der Waals surface area contributed by atoms with Gasteiger partial charge in [0.25, 0.3) is 0 Å². The fraction of sp³-hybridized carbons (Fsp3) is 0.500. The summed E-state index contributed by atoms with van der Waals surface area (Å²) < 4.78 is 0. The Morgan fingerprint density at radius 3 is 2.95 bits per heavy atom. The highest BCUT2D eigenvalue weighted by Crippen LogP contribution is 2.17. The van der Waals surface area contributed by atoms with Gasteiger partial charge in [-0.3, -0.25) is 14.5 Å². The molecule has 0 bridgehead atoms. The summed E-state index contributed by atoms with van der Waals surface area (Å²) in [5, 5.41) is 3.18. The summed E-state index contributed by atoms with van der Waals surface area (Å²) in [6.07, 6.45) is 3.59. The molecule has 0 aromatic heterocycles. The molecule has 20 heavy (non-hydrogen) atoms. The fourth-order valence-corrected chi connectivity index (χ4v) is 2.53. The van der Waals surface area contributed by atoms with Crippen LogP contribution < -0.4 is 5.32 Å². The minimum atomic E-state index is -0.228. The van der Waals surface area contributed by atoms with E-state index in [0.29, 0.717) is 6.54 Å². The zero-order valence-corrected chi connectivity index (χ0v) is 11.7. The zero-order valence-electron chi connectivity index (χ0n) is 11.7. The molecule has 1 N–H and O–H groups in total. The van der Waals surface area contributed by atoms with Crippen LogP contribution in [-0.4, -0.2) is 36.6 Å². The van der Waals surface area contributed by atoms with Crippen LogP contribution in [0.15, 0.2) is 30.3 Å². The number of carbonyl (C=O) groups is 1. The van der Waals surface area contributed by atoms with Crippen LogP contribution in [0.4, 0.5) is 0 Å². The van der Waals surface area contributed by atoms with Crippen LogP contribution in [0.5, 0.6) is 0 Å². The summed E-state index contributed by atoms with van der Waals surface area (Å²) in [6.45, 7) is 8.98. The number of hydrogen-bond acceptors (Lipinski definition) is 2. The molecule has 4 heteroatoms. The molecular formula is C16H21N3O. The highest BCUT2D eigenvalue weighted by Gasteiger charge is 2.32. The summed E-state index contributed by atoms with van der Waals surface area (Å²) in [5.74, 6) is 0.0585. The van der Waals surface area contributed by atoms with Crippen molar-refractivity contribution in [2.75, 3.05) is 19.6 Å². The Hall–Kier alpha value is -1.86. The largest absolute Gasteiger partial charge is 0.308 e. The van der Waals surface area contributed by atoms with Gasteiger partial charge >= 0.3 is 6.17 Å². The van der Waals surface area contributed by atoms with Crippen LogP contribution >= 0.6 is 0 Å². The van der Waals surface area contributed by atoms with Crippen molar-refractivity contribution in [3.8, 4) is 0 Å². The van der Waals surface area contributed by atoms with Crippen LogP contribution in [0.1, 0.15) is 24.8 Å². The molecule has 2 rings (SSSR count). The Bertz CT molecular complexity index is 466. The second-order valence-corrected chi connectivity index (χ2v) is 5.11. The van der Waals surface area contributed by atoms with Crippen molar-refractivity contribution in [1.29, 1.82) is 0 Å². The third-order valence-corrected chi connectivity index (χ3v) is 3.63. The summed E-state index contributed by atoms with van der Waals surface area (Å²) in [5.41, 5.74) is 1.33.